The first-order valence-electron chi connectivity index (χ1n) is 18.5. The fourth-order valence-electron chi connectivity index (χ4n) is 7.48. The van der Waals surface area contributed by atoms with Gasteiger partial charge in [0, 0.05) is 55.9 Å². The number of rotatable bonds is 8. The van der Waals surface area contributed by atoms with E-state index in [4.69, 9.17) is 9.97 Å². The number of fused-ring (bicyclic) bond motifs is 8. The molecule has 5 heterocycles. The van der Waals surface area contributed by atoms with Gasteiger partial charge in [0.25, 0.3) is 0 Å². The van der Waals surface area contributed by atoms with Crippen LogP contribution < -0.4 is 0 Å². The van der Waals surface area contributed by atoms with Gasteiger partial charge in [0.15, 0.2) is 0 Å². The zero-order chi connectivity index (χ0) is 41.7. The Morgan fingerprint density at radius 3 is 1.31 bits per heavy atom. The third-order valence-corrected chi connectivity index (χ3v) is 10.3. The zero-order valence-corrected chi connectivity index (χ0v) is 32.7. The monoisotopic (exact) mass is 845 g/mol. The van der Waals surface area contributed by atoms with E-state index in [1.54, 1.807) is 48.5 Å². The number of hydrogen-bond donors (Lipinski definition) is 6. The SMILES string of the molecule is O=C(O)c1ccc(C2=Cc3cc4ccc(cc5nc(cc6[nH]c(c(-c7ccc(C(=O)O)cc7)c2n3)c(-c2ccc(C(=O)O)cc2)c6-c2ccc(C(=O)O)cc2)C=C5)[nH]4)cc1.[Mn]. The first-order chi connectivity index (χ1) is 29.0. The summed E-state index contributed by atoms with van der Waals surface area (Å²) >= 11 is 0. The van der Waals surface area contributed by atoms with Crippen LogP contribution in [0.3, 0.4) is 0 Å². The van der Waals surface area contributed by atoms with Gasteiger partial charge in [0.05, 0.1) is 50.5 Å². The minimum atomic E-state index is -1.11. The van der Waals surface area contributed by atoms with Crippen LogP contribution in [0.2, 0.25) is 0 Å². The maximum atomic E-state index is 12.1. The summed E-state index contributed by atoms with van der Waals surface area (Å²) in [4.78, 5) is 65.2. The number of aromatic carboxylic acids is 4. The summed E-state index contributed by atoms with van der Waals surface area (Å²) in [6, 6.07) is 35.1. The van der Waals surface area contributed by atoms with E-state index in [1.807, 2.05) is 48.6 Å². The van der Waals surface area contributed by atoms with Crippen molar-refractivity contribution >= 4 is 69.7 Å². The van der Waals surface area contributed by atoms with Crippen molar-refractivity contribution in [2.45, 2.75) is 0 Å². The fourth-order valence-corrected chi connectivity index (χ4v) is 7.48. The van der Waals surface area contributed by atoms with Gasteiger partial charge >= 0.3 is 23.9 Å². The number of aromatic nitrogens is 4. The molecule has 0 fully saturated rings. The Morgan fingerprint density at radius 2 is 0.836 bits per heavy atom. The average Bonchev–Trinajstić information content (AvgIpc) is 4.06. The molecule has 0 saturated carbocycles. The third kappa shape index (κ3) is 7.65. The summed E-state index contributed by atoms with van der Waals surface area (Å²) in [5.41, 5.74) is 10.2. The Labute approximate surface area is 356 Å². The third-order valence-electron chi connectivity index (χ3n) is 10.3. The second-order valence-electron chi connectivity index (χ2n) is 14.1. The predicted molar refractivity (Wildman–Crippen MR) is 227 cm³/mol. The van der Waals surface area contributed by atoms with Crippen molar-refractivity contribution in [3.63, 3.8) is 0 Å². The average molecular weight is 846 g/mol. The molecule has 0 spiro atoms. The first kappa shape index (κ1) is 39.7. The van der Waals surface area contributed by atoms with Gasteiger partial charge in [-0.05, 0) is 119 Å². The van der Waals surface area contributed by atoms with Crippen LogP contribution >= 0.6 is 0 Å². The summed E-state index contributed by atoms with van der Waals surface area (Å²) < 4.78 is 0. The number of aromatic amines is 2. The van der Waals surface area contributed by atoms with E-state index in [9.17, 15) is 39.6 Å². The number of benzene rings is 4. The molecule has 0 amide bonds. The van der Waals surface area contributed by atoms with Gasteiger partial charge < -0.3 is 30.4 Å². The molecule has 3 aromatic heterocycles. The number of carbonyl (C=O) groups is 4. The first-order valence-corrected chi connectivity index (χ1v) is 18.5. The van der Waals surface area contributed by atoms with Gasteiger partial charge in [-0.3, -0.25) is 0 Å². The molecular formula is C48H30MnN4O8. The van der Waals surface area contributed by atoms with E-state index < -0.39 is 23.9 Å². The molecule has 2 aliphatic rings. The van der Waals surface area contributed by atoms with Crippen LogP contribution in [0.25, 0.3) is 79.2 Å². The van der Waals surface area contributed by atoms with E-state index in [-0.39, 0.29) is 39.3 Å². The Bertz CT molecular complexity index is 3180. The van der Waals surface area contributed by atoms with Crippen molar-refractivity contribution in [3.05, 3.63) is 178 Å². The number of nitrogens with zero attached hydrogens (tertiary/aromatic N) is 2. The van der Waals surface area contributed by atoms with E-state index in [0.717, 1.165) is 11.0 Å². The van der Waals surface area contributed by atoms with Gasteiger partial charge in [-0.15, -0.1) is 0 Å². The van der Waals surface area contributed by atoms with E-state index in [0.29, 0.717) is 78.3 Å². The zero-order valence-electron chi connectivity index (χ0n) is 31.6. The van der Waals surface area contributed by atoms with Crippen LogP contribution in [0, 0.1) is 0 Å². The molecule has 1 radical (unpaired) electrons. The van der Waals surface area contributed by atoms with E-state index in [2.05, 4.69) is 9.97 Å². The Balaban J connectivity index is 0.00000514. The maximum Gasteiger partial charge on any atom is 0.335 e. The molecule has 7 aromatic rings. The number of carboxylic acid groups (broad SMARTS) is 4. The van der Waals surface area contributed by atoms with Crippen molar-refractivity contribution in [1.82, 2.24) is 19.9 Å². The summed E-state index contributed by atoms with van der Waals surface area (Å²) in [6.07, 6.45) is 5.66. The molecule has 6 N–H and O–H groups in total. The Kier molecular flexibility index (Phi) is 10.4. The standard InChI is InChI=1S/C48H30N4O8.Mn/c53-45(54)29-9-1-25(2-10-29)38-23-37-22-35-18-17-33(49-35)21-34-19-20-36(50-34)24-39-40(26-3-11-30(12-4-26)46(55)56)41(27-5-13-31(14-6-27)47(57)58)44(52-39)42(43(38)51-37)28-7-15-32(16-8-28)48(59)60;/h1-24,49,52H,(H,53,54)(H,55,56)(H,57,58)(H,59,60);. The minimum Gasteiger partial charge on any atom is -0.478 e. The van der Waals surface area contributed by atoms with Gasteiger partial charge in [-0.1, -0.05) is 48.5 Å². The smallest absolute Gasteiger partial charge is 0.335 e. The van der Waals surface area contributed by atoms with Crippen molar-refractivity contribution in [2.24, 2.45) is 0 Å². The minimum absolute atomic E-state index is 0. The van der Waals surface area contributed by atoms with Gasteiger partial charge in [0.2, 0.25) is 0 Å². The molecule has 0 atom stereocenters. The molecular weight excluding hydrogens is 815 g/mol. The molecule has 0 saturated heterocycles. The molecule has 0 unspecified atom stereocenters. The largest absolute Gasteiger partial charge is 0.478 e. The molecule has 2 aliphatic heterocycles. The van der Waals surface area contributed by atoms with E-state index >= 15 is 0 Å². The van der Waals surface area contributed by atoms with Crippen LogP contribution in [0.4, 0.5) is 0 Å². The van der Waals surface area contributed by atoms with Crippen molar-refractivity contribution in [2.75, 3.05) is 0 Å². The second-order valence-corrected chi connectivity index (χ2v) is 14.1. The number of carboxylic acids is 4. The molecule has 9 rings (SSSR count). The van der Waals surface area contributed by atoms with E-state index in [1.165, 1.54) is 48.5 Å². The van der Waals surface area contributed by atoms with Crippen LogP contribution in [-0.4, -0.2) is 64.2 Å². The van der Waals surface area contributed by atoms with Crippen LogP contribution in [0.15, 0.2) is 127 Å². The van der Waals surface area contributed by atoms with Crippen molar-refractivity contribution in [1.29, 1.82) is 0 Å². The quantitative estimate of drug-likeness (QED) is 0.0798. The summed E-state index contributed by atoms with van der Waals surface area (Å²) in [5.74, 6) is -4.39. The van der Waals surface area contributed by atoms with Crippen LogP contribution in [-0.2, 0) is 17.1 Å². The number of H-pyrrole nitrogens is 2. The molecule has 61 heavy (non-hydrogen) atoms. The summed E-state index contributed by atoms with van der Waals surface area (Å²) in [7, 11) is 0. The summed E-state index contributed by atoms with van der Waals surface area (Å²) in [6.45, 7) is 0. The molecule has 12 nitrogen and oxygen atoms in total. The molecule has 4 aromatic carbocycles. The van der Waals surface area contributed by atoms with Gasteiger partial charge in [-0.25, -0.2) is 29.1 Å². The second kappa shape index (κ2) is 15.9. The fraction of sp³-hybridized carbons (Fsp3) is 0. The van der Waals surface area contributed by atoms with Crippen molar-refractivity contribution in [3.8, 4) is 33.4 Å². The number of hydrogen-bond acceptors (Lipinski definition) is 6. The van der Waals surface area contributed by atoms with Crippen LogP contribution in [0.5, 0.6) is 0 Å². The maximum absolute atomic E-state index is 12.1. The number of nitrogens with one attached hydrogen (secondary N) is 2. The van der Waals surface area contributed by atoms with Gasteiger partial charge in [0.1, 0.15) is 0 Å². The Hall–Kier alpha value is -8.12. The summed E-state index contributed by atoms with van der Waals surface area (Å²) in [5, 5.41) is 39.2. The molecule has 0 aliphatic carbocycles. The molecule has 8 bridgehead atoms. The van der Waals surface area contributed by atoms with Crippen molar-refractivity contribution < 1.29 is 56.7 Å². The van der Waals surface area contributed by atoms with Crippen LogP contribution in [0.1, 0.15) is 69.8 Å². The van der Waals surface area contributed by atoms with Gasteiger partial charge in [-0.2, -0.15) is 0 Å². The Morgan fingerprint density at radius 1 is 0.426 bits per heavy atom. The molecule has 297 valence electrons. The molecule has 13 heteroatoms. The normalized spacial score (nSPS) is 11.7. The predicted octanol–water partition coefficient (Wildman–Crippen LogP) is 9.87. The topological polar surface area (TPSA) is 207 Å².